The van der Waals surface area contributed by atoms with E-state index in [4.69, 9.17) is 4.74 Å². The summed E-state index contributed by atoms with van der Waals surface area (Å²) in [5.74, 6) is 0.400. The number of ether oxygens (including phenoxy) is 1. The fourth-order valence-electron chi connectivity index (χ4n) is 2.17. The SMILES string of the molecule is CC(=O)N(CCC(C)C)CC(=O)NCCN1CCOCC1. The van der Waals surface area contributed by atoms with Crippen LogP contribution in [0.5, 0.6) is 0 Å². The molecule has 122 valence electrons. The molecule has 0 spiro atoms. The third kappa shape index (κ3) is 8.02. The first kappa shape index (κ1) is 17.9. The first-order valence-corrected chi connectivity index (χ1v) is 7.81. The van der Waals surface area contributed by atoms with E-state index in [9.17, 15) is 9.59 Å². The largest absolute Gasteiger partial charge is 0.379 e. The highest BCUT2D eigenvalue weighted by molar-refractivity contribution is 5.83. The van der Waals surface area contributed by atoms with E-state index < -0.39 is 0 Å². The van der Waals surface area contributed by atoms with Gasteiger partial charge in [-0.2, -0.15) is 0 Å². The van der Waals surface area contributed by atoms with Crippen LogP contribution in [0.15, 0.2) is 0 Å². The zero-order valence-electron chi connectivity index (χ0n) is 13.6. The lowest BCUT2D eigenvalue weighted by molar-refractivity contribution is -0.134. The van der Waals surface area contributed by atoms with Gasteiger partial charge in [-0.3, -0.25) is 14.5 Å². The molecule has 0 saturated carbocycles. The summed E-state index contributed by atoms with van der Waals surface area (Å²) in [6.45, 7) is 11.4. The number of amides is 2. The van der Waals surface area contributed by atoms with E-state index in [-0.39, 0.29) is 18.4 Å². The average molecular weight is 299 g/mol. The Hall–Kier alpha value is -1.14. The summed E-state index contributed by atoms with van der Waals surface area (Å²) in [7, 11) is 0. The quantitative estimate of drug-likeness (QED) is 0.701. The summed E-state index contributed by atoms with van der Waals surface area (Å²) < 4.78 is 5.28. The molecule has 1 aliphatic heterocycles. The van der Waals surface area contributed by atoms with Gasteiger partial charge in [0.15, 0.2) is 0 Å². The van der Waals surface area contributed by atoms with Crippen molar-refractivity contribution in [1.82, 2.24) is 15.1 Å². The molecule has 0 radical (unpaired) electrons. The predicted octanol–water partition coefficient (Wildman–Crippen LogP) is 0.329. The van der Waals surface area contributed by atoms with Gasteiger partial charge in [-0.1, -0.05) is 13.8 Å². The van der Waals surface area contributed by atoms with Crippen LogP contribution in [-0.4, -0.2) is 74.1 Å². The topological polar surface area (TPSA) is 61.9 Å². The van der Waals surface area contributed by atoms with Crippen LogP contribution in [-0.2, 0) is 14.3 Å². The molecular formula is C15H29N3O3. The van der Waals surface area contributed by atoms with Crippen LogP contribution >= 0.6 is 0 Å². The van der Waals surface area contributed by atoms with Crippen LogP contribution in [0.1, 0.15) is 27.2 Å². The maximum Gasteiger partial charge on any atom is 0.239 e. The lowest BCUT2D eigenvalue weighted by atomic mass is 10.1. The van der Waals surface area contributed by atoms with E-state index in [2.05, 4.69) is 24.1 Å². The van der Waals surface area contributed by atoms with Gasteiger partial charge in [0.05, 0.1) is 19.8 Å². The molecule has 1 heterocycles. The second kappa shape index (κ2) is 9.73. The molecule has 6 nitrogen and oxygen atoms in total. The Morgan fingerprint density at radius 3 is 2.52 bits per heavy atom. The van der Waals surface area contributed by atoms with Crippen LogP contribution in [0.25, 0.3) is 0 Å². The molecular weight excluding hydrogens is 270 g/mol. The number of hydrogen-bond acceptors (Lipinski definition) is 4. The van der Waals surface area contributed by atoms with Gasteiger partial charge < -0.3 is 15.0 Å². The van der Waals surface area contributed by atoms with Crippen LogP contribution in [0.4, 0.5) is 0 Å². The van der Waals surface area contributed by atoms with Gasteiger partial charge in [-0.25, -0.2) is 0 Å². The van der Waals surface area contributed by atoms with Gasteiger partial charge in [0.2, 0.25) is 11.8 Å². The first-order valence-electron chi connectivity index (χ1n) is 7.81. The lowest BCUT2D eigenvalue weighted by Crippen LogP contribution is -2.44. The summed E-state index contributed by atoms with van der Waals surface area (Å²) >= 11 is 0. The molecule has 0 aromatic carbocycles. The van der Waals surface area contributed by atoms with Crippen molar-refractivity contribution in [2.45, 2.75) is 27.2 Å². The standard InChI is InChI=1S/C15H29N3O3/c1-13(2)4-6-18(14(3)19)12-15(20)16-5-7-17-8-10-21-11-9-17/h13H,4-12H2,1-3H3,(H,16,20). The molecule has 21 heavy (non-hydrogen) atoms. The monoisotopic (exact) mass is 299 g/mol. The summed E-state index contributed by atoms with van der Waals surface area (Å²) in [5, 5.41) is 2.89. The third-order valence-electron chi connectivity index (χ3n) is 3.61. The molecule has 0 aliphatic carbocycles. The highest BCUT2D eigenvalue weighted by Crippen LogP contribution is 2.02. The molecule has 1 fully saturated rings. The minimum absolute atomic E-state index is 0.0426. The van der Waals surface area contributed by atoms with Gasteiger partial charge in [-0.05, 0) is 12.3 Å². The van der Waals surface area contributed by atoms with Gasteiger partial charge >= 0.3 is 0 Å². The minimum Gasteiger partial charge on any atom is -0.379 e. The summed E-state index contributed by atoms with van der Waals surface area (Å²) in [6.07, 6.45) is 0.917. The lowest BCUT2D eigenvalue weighted by Gasteiger charge is -2.26. The Morgan fingerprint density at radius 1 is 1.29 bits per heavy atom. The minimum atomic E-state index is -0.0813. The molecule has 1 N–H and O–H groups in total. The Morgan fingerprint density at radius 2 is 1.95 bits per heavy atom. The molecule has 0 atom stereocenters. The number of carbonyl (C=O) groups is 2. The predicted molar refractivity (Wildman–Crippen MR) is 82.0 cm³/mol. The van der Waals surface area contributed by atoms with E-state index in [0.29, 0.717) is 19.0 Å². The van der Waals surface area contributed by atoms with Crippen LogP contribution in [0, 0.1) is 5.92 Å². The van der Waals surface area contributed by atoms with E-state index in [0.717, 1.165) is 39.3 Å². The van der Waals surface area contributed by atoms with E-state index in [1.165, 1.54) is 6.92 Å². The Bertz CT molecular complexity index is 328. The zero-order chi connectivity index (χ0) is 15.7. The van der Waals surface area contributed by atoms with E-state index in [1.54, 1.807) is 4.90 Å². The van der Waals surface area contributed by atoms with Gasteiger partial charge in [0, 0.05) is 39.6 Å². The smallest absolute Gasteiger partial charge is 0.239 e. The van der Waals surface area contributed by atoms with E-state index in [1.807, 2.05) is 0 Å². The maximum absolute atomic E-state index is 11.9. The molecule has 0 unspecified atom stereocenters. The highest BCUT2D eigenvalue weighted by Gasteiger charge is 2.14. The summed E-state index contributed by atoms with van der Waals surface area (Å²) in [4.78, 5) is 27.3. The first-order chi connectivity index (χ1) is 9.99. The van der Waals surface area contributed by atoms with Crippen LogP contribution in [0.2, 0.25) is 0 Å². The van der Waals surface area contributed by atoms with Gasteiger partial charge in [0.25, 0.3) is 0 Å². The van der Waals surface area contributed by atoms with Crippen molar-refractivity contribution in [2.24, 2.45) is 5.92 Å². The average Bonchev–Trinajstić information content (AvgIpc) is 2.44. The van der Waals surface area contributed by atoms with E-state index >= 15 is 0 Å². The van der Waals surface area contributed by atoms with Crippen molar-refractivity contribution < 1.29 is 14.3 Å². The molecule has 1 rings (SSSR count). The molecule has 2 amide bonds. The normalized spacial score (nSPS) is 16.0. The maximum atomic E-state index is 11.9. The van der Waals surface area contributed by atoms with Crippen molar-refractivity contribution in [3.8, 4) is 0 Å². The van der Waals surface area contributed by atoms with Crippen molar-refractivity contribution in [1.29, 1.82) is 0 Å². The number of nitrogens with one attached hydrogen (secondary N) is 1. The second-order valence-corrected chi connectivity index (χ2v) is 5.93. The zero-order valence-corrected chi connectivity index (χ0v) is 13.6. The third-order valence-corrected chi connectivity index (χ3v) is 3.61. The van der Waals surface area contributed by atoms with Gasteiger partial charge in [0.1, 0.15) is 0 Å². The molecule has 6 heteroatoms. The van der Waals surface area contributed by atoms with Crippen molar-refractivity contribution in [3.05, 3.63) is 0 Å². The Kier molecular flexibility index (Phi) is 8.30. The molecule has 0 bridgehead atoms. The number of carbonyl (C=O) groups excluding carboxylic acids is 2. The Labute approximate surface area is 127 Å². The van der Waals surface area contributed by atoms with Crippen LogP contribution in [0.3, 0.4) is 0 Å². The molecule has 0 aromatic heterocycles. The van der Waals surface area contributed by atoms with Crippen molar-refractivity contribution in [3.63, 3.8) is 0 Å². The second-order valence-electron chi connectivity index (χ2n) is 5.93. The molecule has 1 aliphatic rings. The number of rotatable bonds is 8. The van der Waals surface area contributed by atoms with Crippen molar-refractivity contribution >= 4 is 11.8 Å². The Balaban J connectivity index is 2.21. The fourth-order valence-corrected chi connectivity index (χ4v) is 2.17. The van der Waals surface area contributed by atoms with Crippen LogP contribution < -0.4 is 5.32 Å². The number of nitrogens with zero attached hydrogens (tertiary/aromatic N) is 2. The summed E-state index contributed by atoms with van der Waals surface area (Å²) in [6, 6.07) is 0. The fraction of sp³-hybridized carbons (Fsp3) is 0.867. The molecule has 1 saturated heterocycles. The van der Waals surface area contributed by atoms with Crippen molar-refractivity contribution in [2.75, 3.05) is 52.5 Å². The summed E-state index contributed by atoms with van der Waals surface area (Å²) in [5.41, 5.74) is 0. The molecule has 0 aromatic rings. The number of morpholine rings is 1. The number of hydrogen-bond donors (Lipinski definition) is 1. The van der Waals surface area contributed by atoms with Gasteiger partial charge in [-0.15, -0.1) is 0 Å². The highest BCUT2D eigenvalue weighted by atomic mass is 16.5.